The van der Waals surface area contributed by atoms with Crippen LogP contribution in [0.2, 0.25) is 0 Å². The predicted molar refractivity (Wildman–Crippen MR) is 54.2 cm³/mol. The molecule has 1 N–H and O–H groups in total. The maximum Gasteiger partial charge on any atom is 0.309 e. The van der Waals surface area contributed by atoms with Gasteiger partial charge in [0.1, 0.15) is 0 Å². The fourth-order valence-corrected chi connectivity index (χ4v) is 1.26. The molecule has 0 radical (unpaired) electrons. The number of hydrogen-bond acceptors (Lipinski definition) is 2. The van der Waals surface area contributed by atoms with Gasteiger partial charge < -0.3 is 9.84 Å². The number of carboxylic acids is 1. The van der Waals surface area contributed by atoms with E-state index in [0.717, 1.165) is 18.9 Å². The summed E-state index contributed by atoms with van der Waals surface area (Å²) in [4.78, 5) is 10.8. The van der Waals surface area contributed by atoms with Crippen LogP contribution in [0.1, 0.15) is 39.5 Å². The summed E-state index contributed by atoms with van der Waals surface area (Å²) in [6.07, 6.45) is 4.14. The van der Waals surface area contributed by atoms with E-state index in [1.165, 1.54) is 12.8 Å². The first-order valence-electron chi connectivity index (χ1n) is 5.33. The Morgan fingerprint density at radius 1 is 1.50 bits per heavy atom. The van der Waals surface area contributed by atoms with Gasteiger partial charge in [0, 0.05) is 13.2 Å². The van der Waals surface area contributed by atoms with E-state index >= 15 is 0 Å². The van der Waals surface area contributed by atoms with Crippen LogP contribution in [0.15, 0.2) is 0 Å². The number of carbonyl (C=O) groups is 1. The van der Waals surface area contributed by atoms with Crippen molar-refractivity contribution in [1.29, 1.82) is 0 Å². The first-order valence-corrected chi connectivity index (χ1v) is 5.33. The minimum atomic E-state index is -0.723. The second kappa shape index (κ2) is 4.78. The Hall–Kier alpha value is -0.570. The molecule has 1 aliphatic carbocycles. The highest BCUT2D eigenvalue weighted by Crippen LogP contribution is 2.29. The van der Waals surface area contributed by atoms with Gasteiger partial charge in [0.05, 0.1) is 5.41 Å². The van der Waals surface area contributed by atoms with Gasteiger partial charge in [-0.3, -0.25) is 4.79 Å². The molecule has 3 nitrogen and oxygen atoms in total. The van der Waals surface area contributed by atoms with Crippen molar-refractivity contribution in [2.45, 2.75) is 39.5 Å². The molecule has 0 aromatic carbocycles. The number of aliphatic carboxylic acids is 1. The van der Waals surface area contributed by atoms with Crippen molar-refractivity contribution in [1.82, 2.24) is 0 Å². The molecule has 0 aliphatic heterocycles. The predicted octanol–water partition coefficient (Wildman–Crippen LogP) is 2.30. The van der Waals surface area contributed by atoms with Crippen LogP contribution in [-0.4, -0.2) is 24.3 Å². The van der Waals surface area contributed by atoms with Gasteiger partial charge in [-0.15, -0.1) is 0 Å². The Morgan fingerprint density at radius 3 is 2.64 bits per heavy atom. The molecule has 0 heterocycles. The fraction of sp³-hybridized carbons (Fsp3) is 0.909. The van der Waals surface area contributed by atoms with Crippen LogP contribution in [0, 0.1) is 11.3 Å². The van der Waals surface area contributed by atoms with E-state index in [1.807, 2.05) is 0 Å². The van der Waals surface area contributed by atoms with Gasteiger partial charge in [-0.1, -0.05) is 0 Å². The van der Waals surface area contributed by atoms with Crippen LogP contribution in [-0.2, 0) is 9.53 Å². The first-order chi connectivity index (χ1) is 6.52. The molecule has 0 spiro atoms. The van der Waals surface area contributed by atoms with Crippen LogP contribution in [0.5, 0.6) is 0 Å². The van der Waals surface area contributed by atoms with Gasteiger partial charge in [0.25, 0.3) is 0 Å². The molecule has 1 fully saturated rings. The van der Waals surface area contributed by atoms with E-state index < -0.39 is 11.4 Å². The molecule has 1 aliphatic rings. The average molecular weight is 200 g/mol. The third-order valence-corrected chi connectivity index (χ3v) is 2.72. The summed E-state index contributed by atoms with van der Waals surface area (Å²) in [6.45, 7) is 5.09. The Morgan fingerprint density at radius 2 is 2.14 bits per heavy atom. The molecule has 0 aromatic rings. The zero-order valence-electron chi connectivity index (χ0n) is 9.08. The van der Waals surface area contributed by atoms with Gasteiger partial charge in [-0.25, -0.2) is 0 Å². The molecular weight excluding hydrogens is 180 g/mol. The van der Waals surface area contributed by atoms with Gasteiger partial charge in [0.2, 0.25) is 0 Å². The second-order valence-electron chi connectivity index (χ2n) is 4.81. The number of carboxylic acid groups (broad SMARTS) is 1. The Balaban J connectivity index is 1.98. The molecule has 0 unspecified atom stereocenters. The third-order valence-electron chi connectivity index (χ3n) is 2.72. The molecule has 1 rings (SSSR count). The van der Waals surface area contributed by atoms with Crippen molar-refractivity contribution in [3.8, 4) is 0 Å². The molecule has 3 heteroatoms. The minimum absolute atomic E-state index is 0.608. The SMILES string of the molecule is CC(C)(CCCOCC1CC1)C(=O)O. The van der Waals surface area contributed by atoms with E-state index in [2.05, 4.69) is 0 Å². The zero-order chi connectivity index (χ0) is 10.6. The zero-order valence-corrected chi connectivity index (χ0v) is 9.08. The summed E-state index contributed by atoms with van der Waals surface area (Å²) in [5.74, 6) is 0.0715. The largest absolute Gasteiger partial charge is 0.481 e. The number of hydrogen-bond donors (Lipinski definition) is 1. The summed E-state index contributed by atoms with van der Waals surface area (Å²) >= 11 is 0. The van der Waals surface area contributed by atoms with Crippen LogP contribution >= 0.6 is 0 Å². The van der Waals surface area contributed by atoms with E-state index in [1.54, 1.807) is 13.8 Å². The van der Waals surface area contributed by atoms with Gasteiger partial charge in [0.15, 0.2) is 0 Å². The van der Waals surface area contributed by atoms with Gasteiger partial charge in [-0.2, -0.15) is 0 Å². The lowest BCUT2D eigenvalue weighted by molar-refractivity contribution is -0.147. The average Bonchev–Trinajstić information content (AvgIpc) is 2.87. The van der Waals surface area contributed by atoms with Crippen molar-refractivity contribution in [3.63, 3.8) is 0 Å². The fourth-order valence-electron chi connectivity index (χ4n) is 1.26. The summed E-state index contributed by atoms with van der Waals surface area (Å²) in [5, 5.41) is 8.86. The highest BCUT2D eigenvalue weighted by Gasteiger charge is 2.26. The summed E-state index contributed by atoms with van der Waals surface area (Å²) in [7, 11) is 0. The van der Waals surface area contributed by atoms with Crippen LogP contribution < -0.4 is 0 Å². The normalized spacial score (nSPS) is 17.0. The van der Waals surface area contributed by atoms with Crippen molar-refractivity contribution >= 4 is 5.97 Å². The standard InChI is InChI=1S/C11H20O3/c1-11(2,10(12)13)6-3-7-14-8-9-4-5-9/h9H,3-8H2,1-2H3,(H,12,13). The monoisotopic (exact) mass is 200 g/mol. The minimum Gasteiger partial charge on any atom is -0.481 e. The Bertz CT molecular complexity index is 195. The van der Waals surface area contributed by atoms with Crippen molar-refractivity contribution in [2.24, 2.45) is 11.3 Å². The molecule has 0 amide bonds. The Labute approximate surface area is 85.5 Å². The van der Waals surface area contributed by atoms with Crippen LogP contribution in [0.25, 0.3) is 0 Å². The molecule has 1 saturated carbocycles. The van der Waals surface area contributed by atoms with E-state index in [0.29, 0.717) is 13.0 Å². The van der Waals surface area contributed by atoms with Crippen LogP contribution in [0.4, 0.5) is 0 Å². The summed E-state index contributed by atoms with van der Waals surface area (Å²) in [5.41, 5.74) is -0.608. The second-order valence-corrected chi connectivity index (χ2v) is 4.81. The van der Waals surface area contributed by atoms with Crippen molar-refractivity contribution < 1.29 is 14.6 Å². The Kier molecular flexibility index (Phi) is 3.93. The molecule has 0 saturated heterocycles. The first kappa shape index (κ1) is 11.5. The summed E-state index contributed by atoms with van der Waals surface area (Å²) < 4.78 is 5.44. The maximum atomic E-state index is 10.8. The number of ether oxygens (including phenoxy) is 1. The van der Waals surface area contributed by atoms with Crippen LogP contribution in [0.3, 0.4) is 0 Å². The van der Waals surface area contributed by atoms with E-state index in [9.17, 15) is 4.79 Å². The topological polar surface area (TPSA) is 46.5 Å². The maximum absolute atomic E-state index is 10.8. The lowest BCUT2D eigenvalue weighted by Gasteiger charge is -2.18. The highest BCUT2D eigenvalue weighted by atomic mass is 16.5. The van der Waals surface area contributed by atoms with Crippen molar-refractivity contribution in [2.75, 3.05) is 13.2 Å². The lowest BCUT2D eigenvalue weighted by Crippen LogP contribution is -2.23. The molecule has 82 valence electrons. The van der Waals surface area contributed by atoms with Gasteiger partial charge in [-0.05, 0) is 45.4 Å². The summed E-state index contributed by atoms with van der Waals surface area (Å²) in [6, 6.07) is 0. The van der Waals surface area contributed by atoms with E-state index in [-0.39, 0.29) is 0 Å². The lowest BCUT2D eigenvalue weighted by atomic mass is 9.88. The quantitative estimate of drug-likeness (QED) is 0.641. The molecule has 14 heavy (non-hydrogen) atoms. The molecule has 0 aromatic heterocycles. The third kappa shape index (κ3) is 4.09. The number of rotatable bonds is 7. The van der Waals surface area contributed by atoms with Crippen molar-refractivity contribution in [3.05, 3.63) is 0 Å². The highest BCUT2D eigenvalue weighted by molar-refractivity contribution is 5.73. The smallest absolute Gasteiger partial charge is 0.309 e. The van der Waals surface area contributed by atoms with E-state index in [4.69, 9.17) is 9.84 Å². The molecule has 0 atom stereocenters. The molecular formula is C11H20O3. The molecule has 0 bridgehead atoms. The van der Waals surface area contributed by atoms with Gasteiger partial charge >= 0.3 is 5.97 Å².